The summed E-state index contributed by atoms with van der Waals surface area (Å²) in [4.78, 5) is 15.1. The molecule has 0 aliphatic carbocycles. The van der Waals surface area contributed by atoms with Crippen LogP contribution in [0.1, 0.15) is 11.1 Å². The van der Waals surface area contributed by atoms with Gasteiger partial charge in [-0.3, -0.25) is 5.32 Å². The maximum atomic E-state index is 11.2. The number of amides is 1. The van der Waals surface area contributed by atoms with Gasteiger partial charge in [0.2, 0.25) is 0 Å². The van der Waals surface area contributed by atoms with Gasteiger partial charge in [0.25, 0.3) is 0 Å². The molecule has 0 saturated carbocycles. The summed E-state index contributed by atoms with van der Waals surface area (Å²) in [6.07, 6.45) is -0.516. The molecule has 0 spiro atoms. The van der Waals surface area contributed by atoms with Gasteiger partial charge in [0.1, 0.15) is 22.7 Å². The van der Waals surface area contributed by atoms with Gasteiger partial charge in [0, 0.05) is 5.69 Å². The average molecular weight is 341 g/mol. The summed E-state index contributed by atoms with van der Waals surface area (Å²) >= 11 is 11.7. The van der Waals surface area contributed by atoms with Crippen LogP contribution in [0.25, 0.3) is 0 Å². The first-order chi connectivity index (χ1) is 10.5. The lowest BCUT2D eigenvalue weighted by Gasteiger charge is -2.11. The number of pyridine rings is 1. The largest absolute Gasteiger partial charge is 0.489 e. The topological polar surface area (TPSA) is 60.5 Å². The molecule has 22 heavy (non-hydrogen) atoms. The maximum Gasteiger partial charge on any atom is 0.411 e. The second-order valence-corrected chi connectivity index (χ2v) is 5.28. The van der Waals surface area contributed by atoms with Crippen LogP contribution in [0.4, 0.5) is 10.5 Å². The van der Waals surface area contributed by atoms with Gasteiger partial charge in [-0.2, -0.15) is 0 Å². The quantitative estimate of drug-likeness (QED) is 0.835. The van der Waals surface area contributed by atoms with Crippen LogP contribution in [0.15, 0.2) is 30.3 Å². The van der Waals surface area contributed by atoms with E-state index in [1.165, 1.54) is 7.11 Å². The van der Waals surface area contributed by atoms with Crippen molar-refractivity contribution < 1.29 is 14.3 Å². The molecule has 1 N–H and O–H groups in total. The van der Waals surface area contributed by atoms with Gasteiger partial charge in [-0.1, -0.05) is 23.2 Å². The van der Waals surface area contributed by atoms with Gasteiger partial charge in [-0.15, -0.1) is 0 Å². The molecule has 1 heterocycles. The predicted molar refractivity (Wildman–Crippen MR) is 85.8 cm³/mol. The van der Waals surface area contributed by atoms with E-state index in [-0.39, 0.29) is 0 Å². The van der Waals surface area contributed by atoms with E-state index in [1.807, 2.05) is 13.0 Å². The summed E-state index contributed by atoms with van der Waals surface area (Å²) in [5, 5.41) is 3.25. The number of ether oxygens (including phenoxy) is 2. The van der Waals surface area contributed by atoms with Crippen LogP contribution >= 0.6 is 23.2 Å². The van der Waals surface area contributed by atoms with E-state index in [4.69, 9.17) is 27.9 Å². The molecule has 2 rings (SSSR count). The van der Waals surface area contributed by atoms with Crippen LogP contribution in [0.3, 0.4) is 0 Å². The highest BCUT2D eigenvalue weighted by Crippen LogP contribution is 2.23. The third-order valence-corrected chi connectivity index (χ3v) is 3.24. The zero-order valence-corrected chi connectivity index (χ0v) is 13.5. The van der Waals surface area contributed by atoms with Gasteiger partial charge in [-0.05, 0) is 48.4 Å². The van der Waals surface area contributed by atoms with Crippen molar-refractivity contribution in [1.29, 1.82) is 0 Å². The molecule has 0 radical (unpaired) electrons. The summed E-state index contributed by atoms with van der Waals surface area (Å²) in [7, 11) is 1.31. The number of hydrogen-bond donors (Lipinski definition) is 1. The second kappa shape index (κ2) is 7.33. The summed E-state index contributed by atoms with van der Waals surface area (Å²) in [6, 6.07) is 8.69. The standard InChI is InChI=1S/C15H14Cl2N2O3/c1-9-5-11(3-4-12(9)18-15(20)21-2)22-8-10-6-13(16)19-14(17)7-10/h3-7H,8H2,1-2H3,(H,18,20). The maximum absolute atomic E-state index is 11.2. The molecule has 0 atom stereocenters. The number of hydrogen-bond acceptors (Lipinski definition) is 4. The number of carbonyl (C=O) groups is 1. The van der Waals surface area contributed by atoms with Crippen LogP contribution in [0.5, 0.6) is 5.75 Å². The number of methoxy groups -OCH3 is 1. The van der Waals surface area contributed by atoms with E-state index in [1.54, 1.807) is 24.3 Å². The van der Waals surface area contributed by atoms with Crippen molar-refractivity contribution in [2.24, 2.45) is 0 Å². The number of benzene rings is 1. The Morgan fingerprint density at radius 2 is 1.91 bits per heavy atom. The smallest absolute Gasteiger partial charge is 0.411 e. The van der Waals surface area contributed by atoms with Gasteiger partial charge in [-0.25, -0.2) is 9.78 Å². The number of anilines is 1. The van der Waals surface area contributed by atoms with E-state index >= 15 is 0 Å². The third-order valence-electron chi connectivity index (χ3n) is 2.85. The molecule has 0 bridgehead atoms. The minimum Gasteiger partial charge on any atom is -0.489 e. The van der Waals surface area contributed by atoms with Crippen molar-refractivity contribution in [3.63, 3.8) is 0 Å². The Bertz CT molecular complexity index is 672. The normalized spacial score (nSPS) is 10.2. The molecular weight excluding hydrogens is 327 g/mol. The Labute approximate surface area is 138 Å². The molecular formula is C15H14Cl2N2O3. The van der Waals surface area contributed by atoms with Gasteiger partial charge in [0.15, 0.2) is 0 Å². The summed E-state index contributed by atoms with van der Waals surface area (Å²) in [5.41, 5.74) is 2.34. The van der Waals surface area contributed by atoms with Crippen molar-refractivity contribution in [3.05, 3.63) is 51.8 Å². The van der Waals surface area contributed by atoms with Crippen LogP contribution in [0.2, 0.25) is 10.3 Å². The second-order valence-electron chi connectivity index (χ2n) is 4.50. The SMILES string of the molecule is COC(=O)Nc1ccc(OCc2cc(Cl)nc(Cl)c2)cc1C. The fraction of sp³-hybridized carbons (Fsp3) is 0.200. The molecule has 2 aromatic rings. The van der Waals surface area contributed by atoms with Gasteiger partial charge >= 0.3 is 6.09 Å². The van der Waals surface area contributed by atoms with Crippen molar-refractivity contribution in [3.8, 4) is 5.75 Å². The Morgan fingerprint density at radius 1 is 1.23 bits per heavy atom. The molecule has 116 valence electrons. The Morgan fingerprint density at radius 3 is 2.50 bits per heavy atom. The number of rotatable bonds is 4. The zero-order chi connectivity index (χ0) is 16.1. The highest BCUT2D eigenvalue weighted by molar-refractivity contribution is 6.32. The molecule has 0 saturated heterocycles. The number of halogens is 2. The first-order valence-electron chi connectivity index (χ1n) is 6.38. The van der Waals surface area contributed by atoms with Crippen molar-refractivity contribution in [2.45, 2.75) is 13.5 Å². The third kappa shape index (κ3) is 4.51. The van der Waals surface area contributed by atoms with Crippen LogP contribution in [-0.4, -0.2) is 18.2 Å². The fourth-order valence-corrected chi connectivity index (χ4v) is 2.30. The molecule has 1 aromatic heterocycles. The predicted octanol–water partition coefficient (Wildman–Crippen LogP) is 4.45. The van der Waals surface area contributed by atoms with Crippen LogP contribution < -0.4 is 10.1 Å². The first kappa shape index (κ1) is 16.4. The average Bonchev–Trinajstić information content (AvgIpc) is 2.46. The number of aryl methyl sites for hydroxylation is 1. The van der Waals surface area contributed by atoms with Crippen molar-refractivity contribution in [1.82, 2.24) is 4.98 Å². The fourth-order valence-electron chi connectivity index (χ4n) is 1.79. The van der Waals surface area contributed by atoms with Gasteiger partial charge < -0.3 is 9.47 Å². The lowest BCUT2D eigenvalue weighted by Crippen LogP contribution is -2.11. The molecule has 5 nitrogen and oxygen atoms in total. The highest BCUT2D eigenvalue weighted by atomic mass is 35.5. The summed E-state index contributed by atoms with van der Waals surface area (Å²) in [6.45, 7) is 2.17. The van der Waals surface area contributed by atoms with E-state index in [9.17, 15) is 4.79 Å². The molecule has 0 unspecified atom stereocenters. The van der Waals surface area contributed by atoms with E-state index < -0.39 is 6.09 Å². The van der Waals surface area contributed by atoms with Crippen molar-refractivity contribution in [2.75, 3.05) is 12.4 Å². The molecule has 7 heteroatoms. The van der Waals surface area contributed by atoms with Crippen LogP contribution in [0, 0.1) is 6.92 Å². The molecule has 1 amide bonds. The summed E-state index contributed by atoms with van der Waals surface area (Å²) < 4.78 is 10.2. The monoisotopic (exact) mass is 340 g/mol. The number of carbonyl (C=O) groups excluding carboxylic acids is 1. The highest BCUT2D eigenvalue weighted by Gasteiger charge is 2.06. The zero-order valence-electron chi connectivity index (χ0n) is 12.0. The molecule has 0 fully saturated rings. The van der Waals surface area contributed by atoms with Gasteiger partial charge in [0.05, 0.1) is 7.11 Å². The Kier molecular flexibility index (Phi) is 5.46. The lowest BCUT2D eigenvalue weighted by atomic mass is 10.2. The van der Waals surface area contributed by atoms with E-state index in [0.717, 1.165) is 11.1 Å². The minimum absolute atomic E-state index is 0.311. The van der Waals surface area contributed by atoms with Crippen molar-refractivity contribution >= 4 is 35.0 Å². The molecule has 0 aliphatic heterocycles. The Hall–Kier alpha value is -1.98. The van der Waals surface area contributed by atoms with E-state index in [2.05, 4.69) is 15.0 Å². The van der Waals surface area contributed by atoms with Crippen LogP contribution in [-0.2, 0) is 11.3 Å². The number of nitrogens with zero attached hydrogens (tertiary/aromatic N) is 1. The minimum atomic E-state index is -0.516. The Balaban J connectivity index is 2.04. The molecule has 1 aromatic carbocycles. The summed E-state index contributed by atoms with van der Waals surface area (Å²) in [5.74, 6) is 0.664. The molecule has 0 aliphatic rings. The first-order valence-corrected chi connectivity index (χ1v) is 7.14. The van der Waals surface area contributed by atoms with E-state index in [0.29, 0.717) is 28.3 Å². The number of nitrogens with one attached hydrogen (secondary N) is 1. The number of aromatic nitrogens is 1. The lowest BCUT2D eigenvalue weighted by molar-refractivity contribution is 0.187.